The Balaban J connectivity index is 2.18. The second-order valence-electron chi connectivity index (χ2n) is 5.88. The molecule has 0 saturated carbocycles. The molecular formula is C16H22N2O3. The van der Waals surface area contributed by atoms with Gasteiger partial charge in [-0.2, -0.15) is 0 Å². The second kappa shape index (κ2) is 5.76. The monoisotopic (exact) mass is 290 g/mol. The predicted octanol–water partition coefficient (Wildman–Crippen LogP) is 2.29. The molecule has 114 valence electrons. The summed E-state index contributed by atoms with van der Waals surface area (Å²) < 4.78 is 0. The molecule has 21 heavy (non-hydrogen) atoms. The Kier molecular flexibility index (Phi) is 4.21. The van der Waals surface area contributed by atoms with E-state index in [9.17, 15) is 14.7 Å². The summed E-state index contributed by atoms with van der Waals surface area (Å²) in [4.78, 5) is 25.7. The normalized spacial score (nSPS) is 21.5. The smallest absolute Gasteiger partial charge is 0.311 e. The Morgan fingerprint density at radius 3 is 2.71 bits per heavy atom. The van der Waals surface area contributed by atoms with E-state index in [0.717, 1.165) is 12.0 Å². The zero-order chi connectivity index (χ0) is 15.6. The van der Waals surface area contributed by atoms with E-state index < -0.39 is 11.4 Å². The number of hydrogen-bond acceptors (Lipinski definition) is 3. The van der Waals surface area contributed by atoms with Gasteiger partial charge in [-0.25, -0.2) is 0 Å². The first-order valence-electron chi connectivity index (χ1n) is 7.28. The van der Waals surface area contributed by atoms with Gasteiger partial charge < -0.3 is 15.7 Å². The van der Waals surface area contributed by atoms with Crippen molar-refractivity contribution in [1.82, 2.24) is 4.90 Å². The average Bonchev–Trinajstić information content (AvgIpc) is 2.87. The van der Waals surface area contributed by atoms with Crippen molar-refractivity contribution in [3.05, 3.63) is 29.3 Å². The van der Waals surface area contributed by atoms with Gasteiger partial charge in [0.05, 0.1) is 5.41 Å². The van der Waals surface area contributed by atoms with Crippen molar-refractivity contribution in [2.75, 3.05) is 18.8 Å². The third kappa shape index (κ3) is 2.86. The summed E-state index contributed by atoms with van der Waals surface area (Å²) in [6.45, 7) is 4.62. The first-order valence-corrected chi connectivity index (χ1v) is 7.28. The van der Waals surface area contributed by atoms with E-state index in [-0.39, 0.29) is 12.5 Å². The van der Waals surface area contributed by atoms with Gasteiger partial charge in [0, 0.05) is 24.3 Å². The second-order valence-corrected chi connectivity index (χ2v) is 5.88. The van der Waals surface area contributed by atoms with Crippen molar-refractivity contribution >= 4 is 17.6 Å². The molecule has 1 fully saturated rings. The van der Waals surface area contributed by atoms with Gasteiger partial charge in [-0.3, -0.25) is 9.59 Å². The molecule has 1 saturated heterocycles. The van der Waals surface area contributed by atoms with Gasteiger partial charge >= 0.3 is 5.97 Å². The van der Waals surface area contributed by atoms with Crippen LogP contribution in [0.2, 0.25) is 0 Å². The molecule has 1 aromatic carbocycles. The van der Waals surface area contributed by atoms with E-state index in [1.165, 1.54) is 0 Å². The van der Waals surface area contributed by atoms with Crippen LogP contribution in [0, 0.1) is 12.3 Å². The number of anilines is 1. The number of nitrogens with two attached hydrogens (primary N) is 1. The molecule has 1 heterocycles. The largest absolute Gasteiger partial charge is 0.481 e. The van der Waals surface area contributed by atoms with Crippen LogP contribution in [0.1, 0.15) is 42.1 Å². The van der Waals surface area contributed by atoms with Gasteiger partial charge in [0.15, 0.2) is 0 Å². The highest BCUT2D eigenvalue weighted by molar-refractivity contribution is 5.96. The quantitative estimate of drug-likeness (QED) is 0.833. The van der Waals surface area contributed by atoms with E-state index in [2.05, 4.69) is 0 Å². The number of nitrogen functional groups attached to an aromatic ring is 1. The number of hydrogen-bond donors (Lipinski definition) is 2. The maximum atomic E-state index is 12.5. The number of carboxylic acids is 1. The Morgan fingerprint density at radius 2 is 2.14 bits per heavy atom. The molecule has 0 aromatic heterocycles. The number of amides is 1. The molecular weight excluding hydrogens is 268 g/mol. The predicted molar refractivity (Wildman–Crippen MR) is 81.1 cm³/mol. The number of nitrogens with zero attached hydrogens (tertiary/aromatic N) is 1. The molecule has 2 rings (SSSR count). The van der Waals surface area contributed by atoms with Gasteiger partial charge in [-0.1, -0.05) is 19.4 Å². The minimum absolute atomic E-state index is 0.138. The van der Waals surface area contributed by atoms with Gasteiger partial charge in [0.2, 0.25) is 0 Å². The van der Waals surface area contributed by atoms with E-state index in [1.54, 1.807) is 17.0 Å². The number of likely N-dealkylation sites (tertiary alicyclic amines) is 1. The van der Waals surface area contributed by atoms with Gasteiger partial charge in [-0.15, -0.1) is 0 Å². The molecule has 1 aliphatic heterocycles. The van der Waals surface area contributed by atoms with Crippen molar-refractivity contribution in [2.45, 2.75) is 33.1 Å². The van der Waals surface area contributed by atoms with Crippen LogP contribution in [-0.2, 0) is 4.79 Å². The van der Waals surface area contributed by atoms with E-state index in [0.29, 0.717) is 30.6 Å². The van der Waals surface area contributed by atoms with Gasteiger partial charge in [0.1, 0.15) is 0 Å². The van der Waals surface area contributed by atoms with Crippen LogP contribution in [0.3, 0.4) is 0 Å². The number of aliphatic carboxylic acids is 1. The third-order valence-electron chi connectivity index (χ3n) is 4.35. The minimum Gasteiger partial charge on any atom is -0.481 e. The number of carboxylic acid groups (broad SMARTS) is 1. The van der Waals surface area contributed by atoms with Gasteiger partial charge in [-0.05, 0) is 37.5 Å². The summed E-state index contributed by atoms with van der Waals surface area (Å²) in [6, 6.07) is 5.22. The highest BCUT2D eigenvalue weighted by Gasteiger charge is 2.45. The molecule has 0 bridgehead atoms. The highest BCUT2D eigenvalue weighted by Crippen LogP contribution is 2.36. The molecule has 5 nitrogen and oxygen atoms in total. The molecule has 1 aromatic rings. The molecule has 3 N–H and O–H groups in total. The van der Waals surface area contributed by atoms with Crippen LogP contribution >= 0.6 is 0 Å². The lowest BCUT2D eigenvalue weighted by Crippen LogP contribution is -2.37. The van der Waals surface area contributed by atoms with Gasteiger partial charge in [0.25, 0.3) is 5.91 Å². The third-order valence-corrected chi connectivity index (χ3v) is 4.35. The van der Waals surface area contributed by atoms with Crippen LogP contribution in [0.25, 0.3) is 0 Å². The maximum absolute atomic E-state index is 12.5. The van der Waals surface area contributed by atoms with Crippen molar-refractivity contribution in [3.63, 3.8) is 0 Å². The van der Waals surface area contributed by atoms with Crippen molar-refractivity contribution in [2.24, 2.45) is 5.41 Å². The zero-order valence-corrected chi connectivity index (χ0v) is 12.6. The van der Waals surface area contributed by atoms with Crippen molar-refractivity contribution in [1.29, 1.82) is 0 Å². The first-order chi connectivity index (χ1) is 9.89. The first kappa shape index (κ1) is 15.4. The number of benzene rings is 1. The fraction of sp³-hybridized carbons (Fsp3) is 0.500. The summed E-state index contributed by atoms with van der Waals surface area (Å²) in [5.74, 6) is -0.941. The summed E-state index contributed by atoms with van der Waals surface area (Å²) in [7, 11) is 0. The van der Waals surface area contributed by atoms with E-state index in [1.807, 2.05) is 19.9 Å². The molecule has 1 aliphatic rings. The lowest BCUT2D eigenvalue weighted by Gasteiger charge is -2.24. The number of aryl methyl sites for hydroxylation is 1. The highest BCUT2D eigenvalue weighted by atomic mass is 16.4. The molecule has 0 radical (unpaired) electrons. The van der Waals surface area contributed by atoms with Crippen molar-refractivity contribution in [3.8, 4) is 0 Å². The molecule has 1 unspecified atom stereocenters. The number of carbonyl (C=O) groups is 2. The fourth-order valence-electron chi connectivity index (χ4n) is 2.97. The summed E-state index contributed by atoms with van der Waals surface area (Å²) in [5.41, 5.74) is 7.09. The SMILES string of the molecule is CCCC1(C(=O)O)CCN(C(=O)c2ccc(C)c(N)c2)C1. The Hall–Kier alpha value is -2.04. The average molecular weight is 290 g/mol. The zero-order valence-electron chi connectivity index (χ0n) is 12.6. The number of carbonyl (C=O) groups excluding carboxylic acids is 1. The lowest BCUT2D eigenvalue weighted by molar-refractivity contribution is -0.148. The van der Waals surface area contributed by atoms with Crippen LogP contribution < -0.4 is 5.73 Å². The Labute approximate surface area is 124 Å². The molecule has 1 amide bonds. The fourth-order valence-corrected chi connectivity index (χ4v) is 2.97. The van der Waals surface area contributed by atoms with Crippen molar-refractivity contribution < 1.29 is 14.7 Å². The van der Waals surface area contributed by atoms with Crippen LogP contribution in [0.4, 0.5) is 5.69 Å². The maximum Gasteiger partial charge on any atom is 0.311 e. The Morgan fingerprint density at radius 1 is 1.43 bits per heavy atom. The Bertz CT molecular complexity index is 571. The topological polar surface area (TPSA) is 83.6 Å². The molecule has 0 aliphatic carbocycles. The standard InChI is InChI=1S/C16H22N2O3/c1-3-6-16(15(20)21)7-8-18(10-16)14(19)12-5-4-11(2)13(17)9-12/h4-5,9H,3,6-8,10,17H2,1-2H3,(H,20,21). The van der Waals surface area contributed by atoms with Crippen LogP contribution in [-0.4, -0.2) is 35.0 Å². The van der Waals surface area contributed by atoms with Crippen LogP contribution in [0.15, 0.2) is 18.2 Å². The summed E-state index contributed by atoms with van der Waals surface area (Å²) in [6.07, 6.45) is 1.91. The molecule has 1 atom stereocenters. The minimum atomic E-state index is -0.803. The molecule has 0 spiro atoms. The summed E-state index contributed by atoms with van der Waals surface area (Å²) in [5, 5.41) is 9.49. The lowest BCUT2D eigenvalue weighted by atomic mass is 9.83. The summed E-state index contributed by atoms with van der Waals surface area (Å²) >= 11 is 0. The number of rotatable bonds is 4. The van der Waals surface area contributed by atoms with E-state index >= 15 is 0 Å². The van der Waals surface area contributed by atoms with Crippen LogP contribution in [0.5, 0.6) is 0 Å². The van der Waals surface area contributed by atoms with E-state index in [4.69, 9.17) is 5.73 Å². The molecule has 5 heteroatoms.